The second kappa shape index (κ2) is 5.11. The molecule has 0 aliphatic carbocycles. The minimum absolute atomic E-state index is 0.408. The molecule has 0 fully saturated rings. The van der Waals surface area contributed by atoms with E-state index in [1.165, 1.54) is 6.07 Å². The molecular weight excluding hydrogens is 220 g/mol. The summed E-state index contributed by atoms with van der Waals surface area (Å²) >= 11 is 1.14. The topological polar surface area (TPSA) is 43.1 Å². The fraction of sp³-hybridized carbons (Fsp3) is 0.300. The quantitative estimate of drug-likeness (QED) is 0.808. The first-order valence-corrected chi connectivity index (χ1v) is 5.33. The Morgan fingerprint density at radius 1 is 1.47 bits per heavy atom. The molecule has 1 atom stereocenters. The minimum atomic E-state index is -0.917. The standard InChI is InChI=1S/C10H11F2NOS/c1-2-9(10(13)14)15-6-3-4-7(11)8(12)5-6/h3-5,9H,2H2,1H3,(H2,13,14). The molecule has 0 saturated carbocycles. The molecule has 82 valence electrons. The molecule has 0 heterocycles. The van der Waals surface area contributed by atoms with Crippen LogP contribution in [-0.4, -0.2) is 11.2 Å². The van der Waals surface area contributed by atoms with Gasteiger partial charge in [0.05, 0.1) is 5.25 Å². The first-order chi connectivity index (χ1) is 7.04. The van der Waals surface area contributed by atoms with E-state index in [1.807, 2.05) is 6.92 Å². The number of carbonyl (C=O) groups excluding carboxylic acids is 1. The Balaban J connectivity index is 2.80. The highest BCUT2D eigenvalue weighted by molar-refractivity contribution is 8.00. The third-order valence-electron chi connectivity index (χ3n) is 1.86. The van der Waals surface area contributed by atoms with Crippen molar-refractivity contribution in [3.63, 3.8) is 0 Å². The van der Waals surface area contributed by atoms with Gasteiger partial charge in [-0.15, -0.1) is 11.8 Å². The van der Waals surface area contributed by atoms with E-state index in [1.54, 1.807) is 0 Å². The summed E-state index contributed by atoms with van der Waals surface area (Å²) in [4.78, 5) is 11.4. The summed E-state index contributed by atoms with van der Waals surface area (Å²) in [7, 11) is 0. The number of benzene rings is 1. The fourth-order valence-corrected chi connectivity index (χ4v) is 1.99. The van der Waals surface area contributed by atoms with Crippen LogP contribution >= 0.6 is 11.8 Å². The van der Waals surface area contributed by atoms with Crippen LogP contribution < -0.4 is 5.73 Å². The van der Waals surface area contributed by atoms with Gasteiger partial charge in [0.1, 0.15) is 0 Å². The lowest BCUT2D eigenvalue weighted by molar-refractivity contribution is -0.117. The van der Waals surface area contributed by atoms with Gasteiger partial charge >= 0.3 is 0 Å². The first-order valence-electron chi connectivity index (χ1n) is 4.45. The summed E-state index contributed by atoms with van der Waals surface area (Å²) in [5.41, 5.74) is 5.14. The maximum atomic E-state index is 12.8. The van der Waals surface area contributed by atoms with Crippen LogP contribution in [0.1, 0.15) is 13.3 Å². The molecule has 0 aliphatic rings. The lowest BCUT2D eigenvalue weighted by atomic mass is 10.3. The molecule has 2 nitrogen and oxygen atoms in total. The zero-order chi connectivity index (χ0) is 11.4. The summed E-state index contributed by atoms with van der Waals surface area (Å²) in [5, 5.41) is -0.408. The lowest BCUT2D eigenvalue weighted by Gasteiger charge is -2.10. The number of rotatable bonds is 4. The molecule has 0 bridgehead atoms. The number of nitrogens with two attached hydrogens (primary N) is 1. The van der Waals surface area contributed by atoms with E-state index in [0.29, 0.717) is 11.3 Å². The Morgan fingerprint density at radius 2 is 2.13 bits per heavy atom. The molecule has 1 aromatic rings. The molecule has 5 heteroatoms. The monoisotopic (exact) mass is 231 g/mol. The lowest BCUT2D eigenvalue weighted by Crippen LogP contribution is -2.24. The van der Waals surface area contributed by atoms with Gasteiger partial charge in [0.25, 0.3) is 0 Å². The Hall–Kier alpha value is -1.10. The molecule has 1 unspecified atom stereocenters. The highest BCUT2D eigenvalue weighted by Crippen LogP contribution is 2.26. The summed E-state index contributed by atoms with van der Waals surface area (Å²) < 4.78 is 25.4. The zero-order valence-corrected chi connectivity index (χ0v) is 8.98. The van der Waals surface area contributed by atoms with Gasteiger partial charge in [-0.25, -0.2) is 8.78 Å². The van der Waals surface area contributed by atoms with Gasteiger partial charge in [-0.1, -0.05) is 6.92 Å². The highest BCUT2D eigenvalue weighted by Gasteiger charge is 2.15. The summed E-state index contributed by atoms with van der Waals surface area (Å²) in [6.07, 6.45) is 0.555. The van der Waals surface area contributed by atoms with E-state index in [0.717, 1.165) is 23.9 Å². The van der Waals surface area contributed by atoms with Crippen LogP contribution in [0.15, 0.2) is 23.1 Å². The molecule has 0 aliphatic heterocycles. The molecule has 0 aromatic heterocycles. The summed E-state index contributed by atoms with van der Waals surface area (Å²) in [5.74, 6) is -2.27. The van der Waals surface area contributed by atoms with Gasteiger partial charge in [0.15, 0.2) is 11.6 Å². The van der Waals surface area contributed by atoms with Crippen molar-refractivity contribution in [3.05, 3.63) is 29.8 Å². The number of primary amides is 1. The van der Waals surface area contributed by atoms with Crippen LogP contribution in [0.5, 0.6) is 0 Å². The predicted molar refractivity (Wildman–Crippen MR) is 55.5 cm³/mol. The summed E-state index contributed by atoms with van der Waals surface area (Å²) in [6.45, 7) is 1.81. The van der Waals surface area contributed by atoms with Gasteiger partial charge in [-0.3, -0.25) is 4.79 Å². The minimum Gasteiger partial charge on any atom is -0.369 e. The number of halogens is 2. The highest BCUT2D eigenvalue weighted by atomic mass is 32.2. The van der Waals surface area contributed by atoms with Crippen LogP contribution in [0.25, 0.3) is 0 Å². The van der Waals surface area contributed by atoms with E-state index in [-0.39, 0.29) is 0 Å². The van der Waals surface area contributed by atoms with Gasteiger partial charge in [0.2, 0.25) is 5.91 Å². The van der Waals surface area contributed by atoms with Crippen molar-refractivity contribution in [2.75, 3.05) is 0 Å². The van der Waals surface area contributed by atoms with Crippen molar-refractivity contribution in [1.29, 1.82) is 0 Å². The Labute approximate surface area is 90.8 Å². The Bertz CT molecular complexity index is 370. The van der Waals surface area contributed by atoms with E-state index in [4.69, 9.17) is 5.73 Å². The van der Waals surface area contributed by atoms with E-state index in [2.05, 4.69) is 0 Å². The maximum Gasteiger partial charge on any atom is 0.230 e. The molecule has 0 saturated heterocycles. The van der Waals surface area contributed by atoms with Crippen LogP contribution in [0.2, 0.25) is 0 Å². The Kier molecular flexibility index (Phi) is 4.08. The largest absolute Gasteiger partial charge is 0.369 e. The summed E-state index contributed by atoms with van der Waals surface area (Å²) in [6, 6.07) is 3.52. The second-order valence-electron chi connectivity index (χ2n) is 2.99. The van der Waals surface area contributed by atoms with Gasteiger partial charge in [-0.05, 0) is 24.6 Å². The van der Waals surface area contributed by atoms with Gasteiger partial charge in [-0.2, -0.15) is 0 Å². The number of thioether (sulfide) groups is 1. The smallest absolute Gasteiger partial charge is 0.230 e. The van der Waals surface area contributed by atoms with Crippen molar-refractivity contribution >= 4 is 17.7 Å². The number of amides is 1. The van der Waals surface area contributed by atoms with Crippen molar-refractivity contribution in [3.8, 4) is 0 Å². The number of hydrogen-bond acceptors (Lipinski definition) is 2. The van der Waals surface area contributed by atoms with E-state index in [9.17, 15) is 13.6 Å². The first kappa shape index (κ1) is 12.0. The normalized spacial score (nSPS) is 12.5. The SMILES string of the molecule is CCC(Sc1ccc(F)c(F)c1)C(N)=O. The third kappa shape index (κ3) is 3.20. The maximum absolute atomic E-state index is 12.8. The molecular formula is C10H11F2NOS. The van der Waals surface area contributed by atoms with Gasteiger partial charge < -0.3 is 5.73 Å². The molecule has 0 spiro atoms. The van der Waals surface area contributed by atoms with Crippen LogP contribution in [0.4, 0.5) is 8.78 Å². The molecule has 2 N–H and O–H groups in total. The van der Waals surface area contributed by atoms with Crippen LogP contribution in [-0.2, 0) is 4.79 Å². The molecule has 1 amide bonds. The average molecular weight is 231 g/mol. The fourth-order valence-electron chi connectivity index (χ4n) is 1.06. The zero-order valence-electron chi connectivity index (χ0n) is 8.17. The van der Waals surface area contributed by atoms with Crippen molar-refractivity contribution in [1.82, 2.24) is 0 Å². The third-order valence-corrected chi connectivity index (χ3v) is 3.23. The van der Waals surface area contributed by atoms with Crippen LogP contribution in [0, 0.1) is 11.6 Å². The molecule has 1 aromatic carbocycles. The average Bonchev–Trinajstić information content (AvgIpc) is 2.19. The predicted octanol–water partition coefficient (Wildman–Crippen LogP) is 2.32. The number of carbonyl (C=O) groups is 1. The second-order valence-corrected chi connectivity index (χ2v) is 4.27. The van der Waals surface area contributed by atoms with Crippen molar-refractivity contribution in [2.45, 2.75) is 23.5 Å². The molecule has 1 rings (SSSR count). The van der Waals surface area contributed by atoms with Crippen LogP contribution in [0.3, 0.4) is 0 Å². The Morgan fingerprint density at radius 3 is 2.60 bits per heavy atom. The van der Waals surface area contributed by atoms with E-state index < -0.39 is 22.8 Å². The van der Waals surface area contributed by atoms with E-state index >= 15 is 0 Å². The molecule has 0 radical (unpaired) electrons. The van der Waals surface area contributed by atoms with Crippen molar-refractivity contribution < 1.29 is 13.6 Å². The molecule has 15 heavy (non-hydrogen) atoms. The van der Waals surface area contributed by atoms with Gasteiger partial charge in [0, 0.05) is 4.90 Å². The van der Waals surface area contributed by atoms with Crippen molar-refractivity contribution in [2.24, 2.45) is 5.73 Å². The number of hydrogen-bond donors (Lipinski definition) is 1.